The molecule has 0 atom stereocenters. The molecule has 0 amide bonds. The number of hydrogen-bond donors (Lipinski definition) is 1. The van der Waals surface area contributed by atoms with Crippen LogP contribution in [0.4, 0.5) is 0 Å². The van der Waals surface area contributed by atoms with Crippen molar-refractivity contribution in [1.82, 2.24) is 15.4 Å². The maximum Gasteiger partial charge on any atom is 0.151 e. The zero-order valence-corrected chi connectivity index (χ0v) is 13.7. The zero-order chi connectivity index (χ0) is 14.9. The Kier molecular flexibility index (Phi) is 4.36. The predicted molar refractivity (Wildman–Crippen MR) is 83.8 cm³/mol. The van der Waals surface area contributed by atoms with Gasteiger partial charge in [0.05, 0.1) is 12.2 Å². The third kappa shape index (κ3) is 5.44. The summed E-state index contributed by atoms with van der Waals surface area (Å²) in [5.41, 5.74) is 1.13. The maximum absolute atomic E-state index is 5.53. The van der Waals surface area contributed by atoms with E-state index in [2.05, 4.69) is 42.2 Å². The monoisotopic (exact) mass is 291 g/mol. The van der Waals surface area contributed by atoms with E-state index in [4.69, 9.17) is 4.52 Å². The van der Waals surface area contributed by atoms with Gasteiger partial charge in [0.25, 0.3) is 0 Å². The van der Waals surface area contributed by atoms with E-state index in [1.165, 1.54) is 38.8 Å². The van der Waals surface area contributed by atoms with Gasteiger partial charge in [-0.2, -0.15) is 0 Å². The number of rotatable bonds is 8. The third-order valence-corrected chi connectivity index (χ3v) is 4.21. The molecular weight excluding hydrogens is 262 g/mol. The summed E-state index contributed by atoms with van der Waals surface area (Å²) in [5.74, 6) is 2.89. The van der Waals surface area contributed by atoms with Gasteiger partial charge >= 0.3 is 0 Å². The molecule has 4 heteroatoms. The lowest BCUT2D eigenvalue weighted by molar-refractivity contribution is 0.214. The summed E-state index contributed by atoms with van der Waals surface area (Å²) in [6, 6.07) is 2.12. The lowest BCUT2D eigenvalue weighted by Crippen LogP contribution is -2.35. The van der Waals surface area contributed by atoms with Crippen molar-refractivity contribution in [1.29, 1.82) is 0 Å². The summed E-state index contributed by atoms with van der Waals surface area (Å²) in [6.45, 7) is 10.7. The molecule has 0 radical (unpaired) electrons. The Morgan fingerprint density at radius 1 is 1.19 bits per heavy atom. The summed E-state index contributed by atoms with van der Waals surface area (Å²) in [4.78, 5) is 2.58. The molecule has 1 aromatic rings. The van der Waals surface area contributed by atoms with Crippen LogP contribution in [0, 0.1) is 11.8 Å². The number of hydrogen-bond acceptors (Lipinski definition) is 4. The fraction of sp³-hybridized carbons (Fsp3) is 0.824. The average molecular weight is 291 g/mol. The van der Waals surface area contributed by atoms with Gasteiger partial charge in [0.1, 0.15) is 0 Å². The molecule has 2 fully saturated rings. The molecule has 0 bridgehead atoms. The molecule has 0 unspecified atom stereocenters. The molecule has 1 heterocycles. The van der Waals surface area contributed by atoms with E-state index in [0.717, 1.165) is 36.4 Å². The molecule has 0 spiro atoms. The van der Waals surface area contributed by atoms with Crippen LogP contribution in [0.25, 0.3) is 0 Å². The highest BCUT2D eigenvalue weighted by molar-refractivity contribution is 5.06. The summed E-state index contributed by atoms with van der Waals surface area (Å²) < 4.78 is 5.53. The van der Waals surface area contributed by atoms with E-state index in [-0.39, 0.29) is 5.54 Å². The minimum Gasteiger partial charge on any atom is -0.360 e. The van der Waals surface area contributed by atoms with Crippen molar-refractivity contribution in [3.63, 3.8) is 0 Å². The van der Waals surface area contributed by atoms with E-state index in [1.807, 2.05) is 0 Å². The van der Waals surface area contributed by atoms with Gasteiger partial charge in [-0.1, -0.05) is 5.16 Å². The molecule has 2 saturated carbocycles. The zero-order valence-electron chi connectivity index (χ0n) is 13.7. The minimum absolute atomic E-state index is 0.114. The summed E-state index contributed by atoms with van der Waals surface area (Å²) in [7, 11) is 0. The van der Waals surface area contributed by atoms with Gasteiger partial charge in [0, 0.05) is 31.2 Å². The normalized spacial score (nSPS) is 19.4. The average Bonchev–Trinajstić information content (AvgIpc) is 3.30. The van der Waals surface area contributed by atoms with Crippen LogP contribution < -0.4 is 5.32 Å². The van der Waals surface area contributed by atoms with Gasteiger partial charge in [-0.25, -0.2) is 0 Å². The fourth-order valence-corrected chi connectivity index (χ4v) is 2.62. The molecule has 118 valence electrons. The van der Waals surface area contributed by atoms with E-state index in [1.54, 1.807) is 0 Å². The Morgan fingerprint density at radius 2 is 1.81 bits per heavy atom. The highest BCUT2D eigenvalue weighted by atomic mass is 16.5. The van der Waals surface area contributed by atoms with Crippen molar-refractivity contribution < 1.29 is 4.52 Å². The standard InChI is InChI=1S/C17H29N3O/c1-17(2,3)18-9-15-8-16(21-19-15)12-20(10-13-4-5-13)11-14-6-7-14/h8,13-14,18H,4-7,9-12H2,1-3H3. The predicted octanol–water partition coefficient (Wildman–Crippen LogP) is 3.18. The van der Waals surface area contributed by atoms with E-state index in [0.29, 0.717) is 0 Å². The van der Waals surface area contributed by atoms with Crippen LogP contribution in [0.5, 0.6) is 0 Å². The second kappa shape index (κ2) is 6.09. The lowest BCUT2D eigenvalue weighted by Gasteiger charge is -2.20. The minimum atomic E-state index is 0.114. The summed E-state index contributed by atoms with van der Waals surface area (Å²) in [5, 5.41) is 7.65. The van der Waals surface area contributed by atoms with Crippen LogP contribution >= 0.6 is 0 Å². The van der Waals surface area contributed by atoms with E-state index >= 15 is 0 Å². The van der Waals surface area contributed by atoms with Crippen LogP contribution in [0.1, 0.15) is 57.9 Å². The second-order valence-electron chi connectivity index (χ2n) is 7.97. The Hall–Kier alpha value is -0.870. The molecule has 3 rings (SSSR count). The third-order valence-electron chi connectivity index (χ3n) is 4.21. The molecule has 21 heavy (non-hydrogen) atoms. The van der Waals surface area contributed by atoms with Gasteiger partial charge in [0.2, 0.25) is 0 Å². The van der Waals surface area contributed by atoms with Crippen LogP contribution in [0.2, 0.25) is 0 Å². The first-order chi connectivity index (χ1) is 9.98. The molecular formula is C17H29N3O. The largest absolute Gasteiger partial charge is 0.360 e. The van der Waals surface area contributed by atoms with Crippen LogP contribution in [-0.2, 0) is 13.1 Å². The highest BCUT2D eigenvalue weighted by Gasteiger charge is 2.29. The van der Waals surface area contributed by atoms with Gasteiger partial charge in [-0.15, -0.1) is 0 Å². The Bertz CT molecular complexity index is 441. The molecule has 1 N–H and O–H groups in total. The first kappa shape index (κ1) is 15.0. The molecule has 0 saturated heterocycles. The van der Waals surface area contributed by atoms with Crippen molar-refractivity contribution in [2.24, 2.45) is 11.8 Å². The van der Waals surface area contributed by atoms with Crippen molar-refractivity contribution in [2.75, 3.05) is 13.1 Å². The number of nitrogens with zero attached hydrogens (tertiary/aromatic N) is 2. The highest BCUT2D eigenvalue weighted by Crippen LogP contribution is 2.34. The first-order valence-electron chi connectivity index (χ1n) is 8.40. The van der Waals surface area contributed by atoms with E-state index < -0.39 is 0 Å². The van der Waals surface area contributed by atoms with Gasteiger partial charge in [0.15, 0.2) is 5.76 Å². The van der Waals surface area contributed by atoms with Gasteiger partial charge < -0.3 is 9.84 Å². The molecule has 0 aliphatic heterocycles. The van der Waals surface area contributed by atoms with Crippen LogP contribution in [0.3, 0.4) is 0 Å². The molecule has 0 aromatic carbocycles. The smallest absolute Gasteiger partial charge is 0.151 e. The van der Waals surface area contributed by atoms with Gasteiger partial charge in [-0.05, 0) is 58.3 Å². The summed E-state index contributed by atoms with van der Waals surface area (Å²) in [6.07, 6.45) is 5.66. The molecule has 1 aromatic heterocycles. The van der Waals surface area contributed by atoms with Crippen molar-refractivity contribution in [2.45, 2.75) is 65.1 Å². The quantitative estimate of drug-likeness (QED) is 0.798. The van der Waals surface area contributed by atoms with Gasteiger partial charge in [-0.3, -0.25) is 4.90 Å². The Labute approximate surface area is 128 Å². The SMILES string of the molecule is CC(C)(C)NCc1cc(CN(CC2CC2)CC2CC2)on1. The fourth-order valence-electron chi connectivity index (χ4n) is 2.62. The second-order valence-corrected chi connectivity index (χ2v) is 7.97. The lowest BCUT2D eigenvalue weighted by atomic mass is 10.1. The first-order valence-corrected chi connectivity index (χ1v) is 8.40. The molecule has 4 nitrogen and oxygen atoms in total. The summed E-state index contributed by atoms with van der Waals surface area (Å²) >= 11 is 0. The Morgan fingerprint density at radius 3 is 2.33 bits per heavy atom. The topological polar surface area (TPSA) is 41.3 Å². The molecule has 2 aliphatic rings. The number of aromatic nitrogens is 1. The number of nitrogens with one attached hydrogen (secondary N) is 1. The maximum atomic E-state index is 5.53. The van der Waals surface area contributed by atoms with Crippen molar-refractivity contribution in [3.8, 4) is 0 Å². The van der Waals surface area contributed by atoms with E-state index in [9.17, 15) is 0 Å². The Balaban J connectivity index is 1.51. The van der Waals surface area contributed by atoms with Crippen LogP contribution in [-0.4, -0.2) is 28.7 Å². The van der Waals surface area contributed by atoms with Crippen molar-refractivity contribution >= 4 is 0 Å². The van der Waals surface area contributed by atoms with Crippen molar-refractivity contribution in [3.05, 3.63) is 17.5 Å². The molecule has 2 aliphatic carbocycles. The van der Waals surface area contributed by atoms with Crippen LogP contribution in [0.15, 0.2) is 10.6 Å².